The molecule has 0 atom stereocenters. The average molecular weight is 144 g/mol. The van der Waals surface area contributed by atoms with Gasteiger partial charge in [-0.3, -0.25) is 0 Å². The van der Waals surface area contributed by atoms with Crippen LogP contribution in [0.2, 0.25) is 0 Å². The summed E-state index contributed by atoms with van der Waals surface area (Å²) >= 11 is 0. The molecule has 0 saturated heterocycles. The molecule has 0 heterocycles. The van der Waals surface area contributed by atoms with Crippen molar-refractivity contribution in [2.75, 3.05) is 0 Å². The molecule has 0 aromatic heterocycles. The Morgan fingerprint density at radius 2 is 1.33 bits per heavy atom. The highest BCUT2D eigenvalue weighted by atomic mass is 19.3. The summed E-state index contributed by atoms with van der Waals surface area (Å²) in [4.78, 5) is 9.43. The molecule has 0 aromatic carbocycles. The highest BCUT2D eigenvalue weighted by Gasteiger charge is 2.28. The highest BCUT2D eigenvalue weighted by Crippen LogP contribution is 2.15. The molecule has 0 unspecified atom stereocenters. The second kappa shape index (κ2) is 3.42. The smallest absolute Gasteiger partial charge is 0.253 e. The monoisotopic (exact) mass is 144 g/mol. The van der Waals surface area contributed by atoms with Gasteiger partial charge in [0.2, 0.25) is 0 Å². The molecule has 0 radical (unpaired) electrons. The van der Waals surface area contributed by atoms with Crippen molar-refractivity contribution in [2.45, 2.75) is 12.9 Å². The van der Waals surface area contributed by atoms with Gasteiger partial charge in [0.25, 0.3) is 12.9 Å². The van der Waals surface area contributed by atoms with Crippen molar-refractivity contribution in [3.63, 3.8) is 0 Å². The van der Waals surface area contributed by atoms with Gasteiger partial charge in [0.1, 0.15) is 12.2 Å². The van der Waals surface area contributed by atoms with E-state index >= 15 is 0 Å². The van der Waals surface area contributed by atoms with Crippen molar-refractivity contribution in [3.05, 3.63) is 0 Å². The summed E-state index contributed by atoms with van der Waals surface area (Å²) in [5.41, 5.74) is 0. The van der Waals surface area contributed by atoms with Gasteiger partial charge < -0.3 is 4.79 Å². The second-order valence-electron chi connectivity index (χ2n) is 1.38. The predicted molar refractivity (Wildman–Crippen MR) is 21.6 cm³/mol. The van der Waals surface area contributed by atoms with Crippen molar-refractivity contribution in [1.29, 1.82) is 0 Å². The minimum atomic E-state index is -3.26. The van der Waals surface area contributed by atoms with Crippen molar-refractivity contribution in [3.8, 4) is 0 Å². The van der Waals surface area contributed by atoms with Crippen LogP contribution < -0.4 is 0 Å². The molecular weight excluding hydrogens is 140 g/mol. The topological polar surface area (TPSA) is 17.1 Å². The molecule has 0 saturated carbocycles. The van der Waals surface area contributed by atoms with E-state index in [0.29, 0.717) is 0 Å². The summed E-state index contributed by atoms with van der Waals surface area (Å²) in [7, 11) is 0. The average Bonchev–Trinajstić information content (AvgIpc) is 1.64. The highest BCUT2D eigenvalue weighted by molar-refractivity contribution is 5.54. The van der Waals surface area contributed by atoms with E-state index in [1.54, 1.807) is 0 Å². The van der Waals surface area contributed by atoms with Gasteiger partial charge in [-0.25, -0.2) is 17.6 Å². The normalized spacial score (nSPS) is 11.4. The molecule has 9 heavy (non-hydrogen) atoms. The van der Waals surface area contributed by atoms with Crippen LogP contribution in [0.3, 0.4) is 0 Å². The fraction of sp³-hybridized carbons (Fsp3) is 0.750. The van der Waals surface area contributed by atoms with Crippen LogP contribution in [-0.4, -0.2) is 19.1 Å². The van der Waals surface area contributed by atoms with Crippen LogP contribution in [0.5, 0.6) is 0 Å². The zero-order valence-corrected chi connectivity index (χ0v) is 4.23. The SMILES string of the molecule is O=CC(C(F)F)C(F)F. The molecule has 1 nitrogen and oxygen atoms in total. The molecule has 0 spiro atoms. The van der Waals surface area contributed by atoms with Crippen LogP contribution in [-0.2, 0) is 4.79 Å². The third kappa shape index (κ3) is 2.43. The molecule has 0 aromatic rings. The van der Waals surface area contributed by atoms with Crippen LogP contribution in [0.1, 0.15) is 0 Å². The third-order valence-electron chi connectivity index (χ3n) is 0.739. The zero-order chi connectivity index (χ0) is 7.44. The van der Waals surface area contributed by atoms with Crippen molar-refractivity contribution in [2.24, 2.45) is 5.92 Å². The first-order valence-electron chi connectivity index (χ1n) is 2.11. The lowest BCUT2D eigenvalue weighted by atomic mass is 10.2. The van der Waals surface area contributed by atoms with E-state index in [1.165, 1.54) is 0 Å². The Morgan fingerprint density at radius 3 is 1.33 bits per heavy atom. The summed E-state index contributed by atoms with van der Waals surface area (Å²) in [6, 6.07) is 0. The molecule has 0 rings (SSSR count). The van der Waals surface area contributed by atoms with E-state index in [0.717, 1.165) is 0 Å². The molecule has 0 amide bonds. The van der Waals surface area contributed by atoms with E-state index < -0.39 is 25.1 Å². The lowest BCUT2D eigenvalue weighted by molar-refractivity contribution is -0.122. The first-order chi connectivity index (χ1) is 4.09. The van der Waals surface area contributed by atoms with Gasteiger partial charge in [0.15, 0.2) is 0 Å². The fourth-order valence-corrected chi connectivity index (χ4v) is 0.229. The molecule has 0 bridgehead atoms. The number of carbonyl (C=O) groups excluding carboxylic acids is 1. The van der Waals surface area contributed by atoms with Gasteiger partial charge in [-0.1, -0.05) is 0 Å². The van der Waals surface area contributed by atoms with Crippen LogP contribution in [0.25, 0.3) is 0 Å². The van der Waals surface area contributed by atoms with E-state index in [-0.39, 0.29) is 0 Å². The Labute approximate surface area is 48.7 Å². The molecule has 0 N–H and O–H groups in total. The van der Waals surface area contributed by atoms with Crippen LogP contribution in [0.4, 0.5) is 17.6 Å². The maximum atomic E-state index is 11.2. The number of carbonyl (C=O) groups is 1. The van der Waals surface area contributed by atoms with Crippen molar-refractivity contribution in [1.82, 2.24) is 0 Å². The second-order valence-corrected chi connectivity index (χ2v) is 1.38. The van der Waals surface area contributed by atoms with Gasteiger partial charge >= 0.3 is 0 Å². The van der Waals surface area contributed by atoms with Crippen molar-refractivity contribution >= 4 is 6.29 Å². The molecule has 0 aliphatic carbocycles. The molecule has 54 valence electrons. The van der Waals surface area contributed by atoms with E-state index in [4.69, 9.17) is 0 Å². The van der Waals surface area contributed by atoms with Gasteiger partial charge in [-0.05, 0) is 0 Å². The zero-order valence-electron chi connectivity index (χ0n) is 4.23. The summed E-state index contributed by atoms with van der Waals surface area (Å²) < 4.78 is 45.0. The third-order valence-corrected chi connectivity index (χ3v) is 0.739. The number of hydrogen-bond donors (Lipinski definition) is 0. The van der Waals surface area contributed by atoms with Crippen LogP contribution in [0, 0.1) is 5.92 Å². The summed E-state index contributed by atoms with van der Waals surface area (Å²) in [5.74, 6) is -2.43. The van der Waals surface area contributed by atoms with Gasteiger partial charge in [-0.2, -0.15) is 0 Å². The summed E-state index contributed by atoms with van der Waals surface area (Å²) in [6.07, 6.45) is -6.96. The molecule has 0 fully saturated rings. The standard InChI is InChI=1S/C4H4F4O/c5-3(6)2(1-9)4(7)8/h1-4H. The Kier molecular flexibility index (Phi) is 3.19. The van der Waals surface area contributed by atoms with Gasteiger partial charge in [0, 0.05) is 0 Å². The lowest BCUT2D eigenvalue weighted by Crippen LogP contribution is -2.21. The summed E-state index contributed by atoms with van der Waals surface area (Å²) in [5, 5.41) is 0. The Morgan fingerprint density at radius 1 is 1.00 bits per heavy atom. The Hall–Kier alpha value is -0.610. The number of rotatable bonds is 3. The van der Waals surface area contributed by atoms with E-state index in [2.05, 4.69) is 0 Å². The largest absolute Gasteiger partial charge is 0.303 e. The quantitative estimate of drug-likeness (QED) is 0.431. The molecule has 0 aliphatic heterocycles. The van der Waals surface area contributed by atoms with Crippen LogP contribution in [0.15, 0.2) is 0 Å². The molecule has 0 aliphatic rings. The maximum absolute atomic E-state index is 11.2. The van der Waals surface area contributed by atoms with E-state index in [1.807, 2.05) is 0 Å². The maximum Gasteiger partial charge on any atom is 0.253 e. The fourth-order valence-electron chi connectivity index (χ4n) is 0.229. The number of alkyl halides is 4. The number of aldehydes is 1. The van der Waals surface area contributed by atoms with Crippen molar-refractivity contribution < 1.29 is 22.4 Å². The molecular formula is C4H4F4O. The van der Waals surface area contributed by atoms with Crippen LogP contribution >= 0.6 is 0 Å². The van der Waals surface area contributed by atoms with E-state index in [9.17, 15) is 22.4 Å². The van der Waals surface area contributed by atoms with Gasteiger partial charge in [-0.15, -0.1) is 0 Å². The first-order valence-corrected chi connectivity index (χ1v) is 2.11. The Balaban J connectivity index is 3.82. The first kappa shape index (κ1) is 8.39. The minimum absolute atomic E-state index is 0.435. The molecule has 5 heteroatoms. The summed E-state index contributed by atoms with van der Waals surface area (Å²) in [6.45, 7) is 0. The van der Waals surface area contributed by atoms with Gasteiger partial charge in [0.05, 0.1) is 0 Å². The minimum Gasteiger partial charge on any atom is -0.303 e. The lowest BCUT2D eigenvalue weighted by Gasteiger charge is -2.04. The number of halogens is 4. The Bertz CT molecular complexity index is 84.6. The number of hydrogen-bond acceptors (Lipinski definition) is 1. The predicted octanol–water partition coefficient (Wildman–Crippen LogP) is 1.33.